The SMILES string of the molecule is O=C(c1c[nH]c(=O)c2ccccc12)N1CCC2(CC1)OCCc1ccsc12. The zero-order valence-corrected chi connectivity index (χ0v) is 15.7. The van der Waals surface area contributed by atoms with Crippen LogP contribution in [-0.4, -0.2) is 35.5 Å². The molecule has 0 bridgehead atoms. The molecule has 2 aliphatic rings. The molecule has 5 nitrogen and oxygen atoms in total. The first kappa shape index (κ1) is 16.7. The van der Waals surface area contributed by atoms with Gasteiger partial charge in [0.25, 0.3) is 11.5 Å². The summed E-state index contributed by atoms with van der Waals surface area (Å²) < 4.78 is 6.24. The normalized spacial score (nSPS) is 18.6. The first-order chi connectivity index (χ1) is 13.2. The lowest BCUT2D eigenvalue weighted by Gasteiger charge is -2.43. The second-order valence-corrected chi connectivity index (χ2v) is 8.15. The highest BCUT2D eigenvalue weighted by Gasteiger charge is 2.42. The fourth-order valence-corrected chi connectivity index (χ4v) is 5.52. The van der Waals surface area contributed by atoms with Crippen molar-refractivity contribution in [2.75, 3.05) is 19.7 Å². The van der Waals surface area contributed by atoms with Gasteiger partial charge in [-0.25, -0.2) is 0 Å². The quantitative estimate of drug-likeness (QED) is 0.705. The van der Waals surface area contributed by atoms with Gasteiger partial charge in [0.15, 0.2) is 0 Å². The van der Waals surface area contributed by atoms with Crippen molar-refractivity contribution in [1.82, 2.24) is 9.88 Å². The maximum atomic E-state index is 13.2. The van der Waals surface area contributed by atoms with E-state index in [0.717, 1.165) is 25.9 Å². The molecule has 138 valence electrons. The largest absolute Gasteiger partial charge is 0.369 e. The van der Waals surface area contributed by atoms with Crippen molar-refractivity contribution < 1.29 is 9.53 Å². The van der Waals surface area contributed by atoms with Gasteiger partial charge in [-0.2, -0.15) is 0 Å². The fourth-order valence-electron chi connectivity index (χ4n) is 4.35. The van der Waals surface area contributed by atoms with Crippen LogP contribution in [-0.2, 0) is 16.8 Å². The number of H-pyrrole nitrogens is 1. The van der Waals surface area contributed by atoms with Crippen LogP contribution in [0.5, 0.6) is 0 Å². The number of fused-ring (bicyclic) bond motifs is 3. The third-order valence-corrected chi connectivity index (χ3v) is 6.95. The minimum atomic E-state index is -0.231. The number of nitrogens with zero attached hydrogens (tertiary/aromatic N) is 1. The number of carbonyl (C=O) groups excluding carboxylic acids is 1. The zero-order valence-electron chi connectivity index (χ0n) is 14.9. The standard InChI is InChI=1S/C21H20N2O3S/c24-19-16-4-2-1-3-15(16)17(13-22-19)20(25)23-9-7-21(8-10-23)18-14(5-11-26-21)6-12-27-18/h1-4,6,12-13H,5,7-11H2,(H,22,24). The summed E-state index contributed by atoms with van der Waals surface area (Å²) in [5.74, 6) is -0.0282. The lowest BCUT2D eigenvalue weighted by molar-refractivity contribution is -0.0906. The Balaban J connectivity index is 1.42. The number of aromatic nitrogens is 1. The number of aromatic amines is 1. The molecule has 6 heteroatoms. The molecule has 2 aromatic heterocycles. The predicted octanol–water partition coefficient (Wildman–Crippen LogP) is 3.29. The molecule has 1 aromatic carbocycles. The van der Waals surface area contributed by atoms with Crippen LogP contribution < -0.4 is 5.56 Å². The van der Waals surface area contributed by atoms with Crippen molar-refractivity contribution in [2.45, 2.75) is 24.9 Å². The molecule has 3 aromatic rings. The molecule has 0 atom stereocenters. The number of carbonyl (C=O) groups is 1. The zero-order chi connectivity index (χ0) is 18.4. The Kier molecular flexibility index (Phi) is 3.91. The van der Waals surface area contributed by atoms with E-state index in [0.29, 0.717) is 29.4 Å². The Morgan fingerprint density at radius 2 is 1.93 bits per heavy atom. The van der Waals surface area contributed by atoms with Crippen LogP contribution in [0, 0.1) is 0 Å². The number of likely N-dealkylation sites (tertiary alicyclic amines) is 1. The average Bonchev–Trinajstić information content (AvgIpc) is 3.19. The van der Waals surface area contributed by atoms with Gasteiger partial charge in [-0.1, -0.05) is 18.2 Å². The van der Waals surface area contributed by atoms with E-state index in [1.807, 2.05) is 23.1 Å². The molecule has 0 radical (unpaired) electrons. The molecule has 1 spiro atoms. The number of nitrogens with one attached hydrogen (secondary N) is 1. The summed E-state index contributed by atoms with van der Waals surface area (Å²) in [6.45, 7) is 2.06. The van der Waals surface area contributed by atoms with Gasteiger partial charge in [0.2, 0.25) is 0 Å². The van der Waals surface area contributed by atoms with Crippen LogP contribution in [0.2, 0.25) is 0 Å². The van der Waals surface area contributed by atoms with Crippen LogP contribution in [0.15, 0.2) is 46.7 Å². The third kappa shape index (κ3) is 2.63. The Labute approximate surface area is 160 Å². The van der Waals surface area contributed by atoms with Crippen molar-refractivity contribution in [3.63, 3.8) is 0 Å². The summed E-state index contributed by atoms with van der Waals surface area (Å²) in [5.41, 5.74) is 1.56. The van der Waals surface area contributed by atoms with E-state index in [1.54, 1.807) is 23.6 Å². The van der Waals surface area contributed by atoms with E-state index in [4.69, 9.17) is 4.74 Å². The second kappa shape index (κ2) is 6.32. The van der Waals surface area contributed by atoms with Crippen molar-refractivity contribution in [3.05, 3.63) is 68.3 Å². The maximum absolute atomic E-state index is 13.2. The van der Waals surface area contributed by atoms with E-state index < -0.39 is 0 Å². The highest BCUT2D eigenvalue weighted by atomic mass is 32.1. The number of piperidine rings is 1. The van der Waals surface area contributed by atoms with Crippen LogP contribution in [0.1, 0.15) is 33.6 Å². The Hall–Kier alpha value is -2.44. The van der Waals surface area contributed by atoms with E-state index in [1.165, 1.54) is 10.4 Å². The monoisotopic (exact) mass is 380 g/mol. The second-order valence-electron chi connectivity index (χ2n) is 7.24. The average molecular weight is 380 g/mol. The number of hydrogen-bond acceptors (Lipinski definition) is 4. The summed E-state index contributed by atoms with van der Waals surface area (Å²) in [4.78, 5) is 31.1. The van der Waals surface area contributed by atoms with Crippen molar-refractivity contribution in [2.24, 2.45) is 0 Å². The molecule has 0 aliphatic carbocycles. The predicted molar refractivity (Wildman–Crippen MR) is 105 cm³/mol. The molecular formula is C21H20N2O3S. The number of rotatable bonds is 1. The van der Waals surface area contributed by atoms with Gasteiger partial charge in [0.1, 0.15) is 5.60 Å². The maximum Gasteiger partial charge on any atom is 0.255 e. The van der Waals surface area contributed by atoms with Crippen LogP contribution in [0.25, 0.3) is 10.8 Å². The first-order valence-corrected chi connectivity index (χ1v) is 10.2. The molecule has 2 aliphatic heterocycles. The Morgan fingerprint density at radius 3 is 2.74 bits per heavy atom. The number of amides is 1. The third-order valence-electron chi connectivity index (χ3n) is 5.81. The topological polar surface area (TPSA) is 62.4 Å². The summed E-state index contributed by atoms with van der Waals surface area (Å²) >= 11 is 1.77. The molecule has 0 saturated carbocycles. The van der Waals surface area contributed by atoms with E-state index in [9.17, 15) is 9.59 Å². The molecule has 27 heavy (non-hydrogen) atoms. The first-order valence-electron chi connectivity index (χ1n) is 9.28. The van der Waals surface area contributed by atoms with Crippen LogP contribution in [0.4, 0.5) is 0 Å². The summed E-state index contributed by atoms with van der Waals surface area (Å²) in [7, 11) is 0. The molecule has 5 rings (SSSR count). The highest BCUT2D eigenvalue weighted by molar-refractivity contribution is 7.10. The summed E-state index contributed by atoms with van der Waals surface area (Å²) in [6.07, 6.45) is 4.15. The molecule has 4 heterocycles. The molecule has 1 amide bonds. The van der Waals surface area contributed by atoms with Crippen molar-refractivity contribution in [1.29, 1.82) is 0 Å². The molecule has 1 saturated heterocycles. The number of benzene rings is 1. The lowest BCUT2D eigenvalue weighted by Crippen LogP contribution is -2.48. The molecule has 1 N–H and O–H groups in total. The van der Waals surface area contributed by atoms with E-state index in [-0.39, 0.29) is 17.1 Å². The summed E-state index contributed by atoms with van der Waals surface area (Å²) in [5, 5.41) is 3.40. The van der Waals surface area contributed by atoms with Gasteiger partial charge in [0.05, 0.1) is 12.2 Å². The number of hydrogen-bond donors (Lipinski definition) is 1. The number of thiophene rings is 1. The number of ether oxygens (including phenoxy) is 1. The molecular weight excluding hydrogens is 360 g/mol. The van der Waals surface area contributed by atoms with Gasteiger partial charge in [0, 0.05) is 34.9 Å². The van der Waals surface area contributed by atoms with Crippen molar-refractivity contribution in [3.8, 4) is 0 Å². The van der Waals surface area contributed by atoms with Gasteiger partial charge in [-0.3, -0.25) is 9.59 Å². The van der Waals surface area contributed by atoms with Gasteiger partial charge in [-0.15, -0.1) is 11.3 Å². The van der Waals surface area contributed by atoms with E-state index in [2.05, 4.69) is 16.4 Å². The van der Waals surface area contributed by atoms with Crippen LogP contribution in [0.3, 0.4) is 0 Å². The van der Waals surface area contributed by atoms with Gasteiger partial charge < -0.3 is 14.6 Å². The van der Waals surface area contributed by atoms with Crippen molar-refractivity contribution >= 4 is 28.0 Å². The van der Waals surface area contributed by atoms with Gasteiger partial charge in [-0.05, 0) is 42.3 Å². The Morgan fingerprint density at radius 1 is 1.15 bits per heavy atom. The summed E-state index contributed by atoms with van der Waals surface area (Å²) in [6, 6.07) is 9.47. The molecule has 1 fully saturated rings. The van der Waals surface area contributed by atoms with Gasteiger partial charge >= 0.3 is 0 Å². The smallest absolute Gasteiger partial charge is 0.255 e. The van der Waals surface area contributed by atoms with Crippen LogP contribution >= 0.6 is 11.3 Å². The fraction of sp³-hybridized carbons (Fsp3) is 0.333. The minimum absolute atomic E-state index is 0.0282. The lowest BCUT2D eigenvalue weighted by atomic mass is 9.85. The van der Waals surface area contributed by atoms with E-state index >= 15 is 0 Å². The number of pyridine rings is 1. The minimum Gasteiger partial charge on any atom is -0.369 e. The highest BCUT2D eigenvalue weighted by Crippen LogP contribution is 2.44. The molecule has 0 unspecified atom stereocenters. The Bertz CT molecular complexity index is 1080.